The second-order valence-corrected chi connectivity index (χ2v) is 10.9. The van der Waals surface area contributed by atoms with E-state index in [-0.39, 0.29) is 29.7 Å². The number of benzene rings is 1. The number of likely N-dealkylation sites (tertiary alicyclic amines) is 1. The van der Waals surface area contributed by atoms with Crippen LogP contribution in [0.15, 0.2) is 28.7 Å². The first-order valence-corrected chi connectivity index (χ1v) is 11.7. The summed E-state index contributed by atoms with van der Waals surface area (Å²) in [5, 5.41) is 0. The van der Waals surface area contributed by atoms with Gasteiger partial charge >= 0.3 is 0 Å². The summed E-state index contributed by atoms with van der Waals surface area (Å²) < 4.78 is 6.63. The number of hydrogen-bond acceptors (Lipinski definition) is 5. The van der Waals surface area contributed by atoms with E-state index in [1.807, 2.05) is 56.0 Å². The van der Waals surface area contributed by atoms with Crippen LogP contribution in [0.5, 0.6) is 0 Å². The van der Waals surface area contributed by atoms with Crippen LogP contribution in [0.1, 0.15) is 39.2 Å². The van der Waals surface area contributed by atoms with E-state index in [0.29, 0.717) is 13.2 Å². The molecule has 3 saturated heterocycles. The molecule has 164 valence electrons. The number of anilines is 1. The predicted octanol–water partition coefficient (Wildman–Crippen LogP) is 3.43. The smallest absolute Gasteiger partial charge is 0.235 e. The quantitative estimate of drug-likeness (QED) is 0.612. The predicted molar refractivity (Wildman–Crippen MR) is 120 cm³/mol. The van der Waals surface area contributed by atoms with Crippen molar-refractivity contribution in [3.05, 3.63) is 34.3 Å². The third-order valence-corrected chi connectivity index (χ3v) is 7.47. The Morgan fingerprint density at radius 2 is 1.94 bits per heavy atom. The fourth-order valence-electron chi connectivity index (χ4n) is 5.52. The fraction of sp³-hybridized carbons (Fsp3) is 0.542. The van der Waals surface area contributed by atoms with Crippen molar-refractivity contribution in [2.45, 2.75) is 51.8 Å². The number of Topliss-reactive ketones (excluding diaryl/α,β-unsaturated/α-hetero) is 1. The van der Waals surface area contributed by atoms with E-state index in [1.54, 1.807) is 0 Å². The van der Waals surface area contributed by atoms with Gasteiger partial charge in [-0.25, -0.2) is 0 Å². The molecule has 0 saturated carbocycles. The number of imide groups is 1. The second kappa shape index (κ2) is 7.27. The summed E-state index contributed by atoms with van der Waals surface area (Å²) in [7, 11) is 0. The largest absolute Gasteiger partial charge is 0.376 e. The van der Waals surface area contributed by atoms with Gasteiger partial charge in [-0.2, -0.15) is 0 Å². The van der Waals surface area contributed by atoms with Crippen molar-refractivity contribution in [3.8, 4) is 0 Å². The Balaban J connectivity index is 1.58. The van der Waals surface area contributed by atoms with Crippen LogP contribution in [0.2, 0.25) is 0 Å². The molecule has 0 aromatic heterocycles. The molecule has 4 heterocycles. The first-order chi connectivity index (χ1) is 14.7. The lowest BCUT2D eigenvalue weighted by molar-refractivity contribution is -0.143. The highest BCUT2D eigenvalue weighted by atomic mass is 79.9. The van der Waals surface area contributed by atoms with E-state index in [9.17, 15) is 14.4 Å². The van der Waals surface area contributed by atoms with Crippen LogP contribution in [0, 0.1) is 17.3 Å². The lowest BCUT2D eigenvalue weighted by atomic mass is 9.79. The number of carbonyl (C=O) groups excluding carboxylic acids is 3. The molecule has 0 unspecified atom stereocenters. The zero-order chi connectivity index (χ0) is 22.1. The number of hydrogen-bond donors (Lipinski definition) is 0. The Bertz CT molecular complexity index is 992. The summed E-state index contributed by atoms with van der Waals surface area (Å²) in [5.41, 5.74) is 1.25. The maximum Gasteiger partial charge on any atom is 0.235 e. The van der Waals surface area contributed by atoms with Gasteiger partial charge in [-0.15, -0.1) is 0 Å². The number of fused-ring (bicyclic) bond motifs is 5. The van der Waals surface area contributed by atoms with Gasteiger partial charge in [-0.1, -0.05) is 48.9 Å². The number of rotatable bonds is 3. The first kappa shape index (κ1) is 20.9. The third-order valence-electron chi connectivity index (χ3n) is 6.98. The topological polar surface area (TPSA) is 66.9 Å². The molecule has 0 N–H and O–H groups in total. The van der Waals surface area contributed by atoms with E-state index in [0.717, 1.165) is 28.6 Å². The number of nitrogens with zero attached hydrogens (tertiary/aromatic N) is 2. The maximum atomic E-state index is 13.7. The molecule has 0 radical (unpaired) electrons. The van der Waals surface area contributed by atoms with Crippen molar-refractivity contribution in [3.63, 3.8) is 0 Å². The molecule has 7 heteroatoms. The summed E-state index contributed by atoms with van der Waals surface area (Å²) in [5.74, 6) is -1.61. The standard InChI is InChI=1S/C24H27BrN2O4/c1-24(2,3)21(28)20-19-18(22(29)26(23(19)30)12-15-5-4-10-31-15)17-8-6-13-11-14(25)7-9-16(13)27(17)20/h6-9,11,15,17-20H,4-5,10,12H2,1-3H3/t15-,17+,18+,19-,20-/m0/s1. The number of halogens is 1. The van der Waals surface area contributed by atoms with Gasteiger partial charge in [0.1, 0.15) is 6.04 Å². The van der Waals surface area contributed by atoms with Crippen molar-refractivity contribution in [2.24, 2.45) is 17.3 Å². The molecule has 0 aliphatic carbocycles. The molecule has 5 atom stereocenters. The highest BCUT2D eigenvalue weighted by Crippen LogP contribution is 2.50. The van der Waals surface area contributed by atoms with Crippen molar-refractivity contribution >= 4 is 45.3 Å². The van der Waals surface area contributed by atoms with Crippen molar-refractivity contribution in [2.75, 3.05) is 18.1 Å². The van der Waals surface area contributed by atoms with E-state index < -0.39 is 23.3 Å². The summed E-state index contributed by atoms with van der Waals surface area (Å²) in [4.78, 5) is 44.1. The maximum absolute atomic E-state index is 13.7. The lowest BCUT2D eigenvalue weighted by Gasteiger charge is -2.38. The third kappa shape index (κ3) is 3.20. The summed E-state index contributed by atoms with van der Waals surface area (Å²) in [6.07, 6.45) is 5.70. The van der Waals surface area contributed by atoms with E-state index >= 15 is 0 Å². The van der Waals surface area contributed by atoms with Crippen LogP contribution >= 0.6 is 15.9 Å². The summed E-state index contributed by atoms with van der Waals surface area (Å²) in [6, 6.07) is 4.95. The van der Waals surface area contributed by atoms with Crippen LogP contribution in [-0.2, 0) is 19.1 Å². The zero-order valence-electron chi connectivity index (χ0n) is 18.0. The highest BCUT2D eigenvalue weighted by Gasteiger charge is 2.64. The Hall–Kier alpha value is -1.99. The average molecular weight is 487 g/mol. The fourth-order valence-corrected chi connectivity index (χ4v) is 5.90. The van der Waals surface area contributed by atoms with Gasteiger partial charge in [0.05, 0.1) is 30.5 Å². The van der Waals surface area contributed by atoms with Crippen LogP contribution in [0.3, 0.4) is 0 Å². The van der Waals surface area contributed by atoms with Gasteiger partial charge in [-0.3, -0.25) is 19.3 Å². The van der Waals surface area contributed by atoms with E-state index in [4.69, 9.17) is 4.74 Å². The van der Waals surface area contributed by atoms with E-state index in [2.05, 4.69) is 15.9 Å². The van der Waals surface area contributed by atoms with Crippen LogP contribution in [-0.4, -0.2) is 53.8 Å². The molecule has 1 aromatic carbocycles. The van der Waals surface area contributed by atoms with Gasteiger partial charge in [-0.05, 0) is 36.6 Å². The minimum Gasteiger partial charge on any atom is -0.376 e. The van der Waals surface area contributed by atoms with Crippen LogP contribution < -0.4 is 4.90 Å². The summed E-state index contributed by atoms with van der Waals surface area (Å²) in [6.45, 7) is 6.60. The lowest BCUT2D eigenvalue weighted by Crippen LogP contribution is -2.52. The molecule has 2 amide bonds. The Labute approximate surface area is 190 Å². The highest BCUT2D eigenvalue weighted by molar-refractivity contribution is 9.10. The Morgan fingerprint density at radius 3 is 2.61 bits per heavy atom. The number of amides is 2. The monoisotopic (exact) mass is 486 g/mol. The zero-order valence-corrected chi connectivity index (χ0v) is 19.6. The minimum absolute atomic E-state index is 0.00529. The minimum atomic E-state index is -0.662. The molecule has 5 rings (SSSR count). The first-order valence-electron chi connectivity index (χ1n) is 11.0. The molecule has 6 nitrogen and oxygen atoms in total. The van der Waals surface area contributed by atoms with Gasteiger partial charge < -0.3 is 9.64 Å². The number of ketones is 1. The van der Waals surface area contributed by atoms with Gasteiger partial charge in [0, 0.05) is 22.2 Å². The molecule has 1 aromatic rings. The molecular formula is C24H27BrN2O4. The molecule has 0 bridgehead atoms. The van der Waals surface area contributed by atoms with Gasteiger partial charge in [0.25, 0.3) is 0 Å². The van der Waals surface area contributed by atoms with Crippen molar-refractivity contribution in [1.82, 2.24) is 4.90 Å². The summed E-state index contributed by atoms with van der Waals surface area (Å²) >= 11 is 3.51. The Kier molecular flexibility index (Phi) is 4.90. The molecule has 4 aliphatic rings. The van der Waals surface area contributed by atoms with Gasteiger partial charge in [0.2, 0.25) is 11.8 Å². The Morgan fingerprint density at radius 1 is 1.19 bits per heavy atom. The molecule has 0 spiro atoms. The van der Waals surface area contributed by atoms with E-state index in [1.165, 1.54) is 4.90 Å². The molecule has 31 heavy (non-hydrogen) atoms. The van der Waals surface area contributed by atoms with Gasteiger partial charge in [0.15, 0.2) is 5.78 Å². The van der Waals surface area contributed by atoms with Crippen molar-refractivity contribution in [1.29, 1.82) is 0 Å². The molecule has 4 aliphatic heterocycles. The average Bonchev–Trinajstić information content (AvgIpc) is 3.40. The SMILES string of the molecule is CC(C)(C)C(=O)[C@@H]1[C@H]2C(=O)N(C[C@@H]3CCCO3)C(=O)[C@@H]2[C@H]2C=Cc3cc(Br)ccc3N21. The van der Waals surface area contributed by atoms with Crippen LogP contribution in [0.25, 0.3) is 6.08 Å². The number of carbonyl (C=O) groups is 3. The normalized spacial score (nSPS) is 31.8. The number of ether oxygens (including phenoxy) is 1. The van der Waals surface area contributed by atoms with Crippen molar-refractivity contribution < 1.29 is 19.1 Å². The second-order valence-electron chi connectivity index (χ2n) is 9.99. The molecular weight excluding hydrogens is 460 g/mol. The molecule has 3 fully saturated rings. The van der Waals surface area contributed by atoms with Crippen LogP contribution in [0.4, 0.5) is 5.69 Å².